The van der Waals surface area contributed by atoms with Crippen molar-refractivity contribution in [3.05, 3.63) is 70.3 Å². The Bertz CT molecular complexity index is 588. The van der Waals surface area contributed by atoms with Gasteiger partial charge in [-0.3, -0.25) is 0 Å². The van der Waals surface area contributed by atoms with E-state index in [-0.39, 0.29) is 0 Å². The molecule has 0 amide bonds. The summed E-state index contributed by atoms with van der Waals surface area (Å²) in [6.45, 7) is 4.19. The molecule has 0 spiro atoms. The number of alkyl halides is 1. The predicted octanol–water partition coefficient (Wildman–Crippen LogP) is 5.42. The van der Waals surface area contributed by atoms with Crippen LogP contribution in [0, 0.1) is 11.6 Å². The van der Waals surface area contributed by atoms with Crippen LogP contribution >= 0.6 is 11.6 Å². The van der Waals surface area contributed by atoms with Crippen LogP contribution in [0.1, 0.15) is 41.5 Å². The van der Waals surface area contributed by atoms with E-state index in [2.05, 4.69) is 13.8 Å². The number of hydrogen-bond donors (Lipinski definition) is 0. The van der Waals surface area contributed by atoms with Crippen LogP contribution in [0.15, 0.2) is 36.4 Å². The molecule has 0 saturated carbocycles. The highest BCUT2D eigenvalue weighted by atomic mass is 35.5. The molecule has 2 aromatic rings. The predicted molar refractivity (Wildman–Crippen MR) is 79.3 cm³/mol. The van der Waals surface area contributed by atoms with Gasteiger partial charge in [0, 0.05) is 6.07 Å². The van der Waals surface area contributed by atoms with Crippen LogP contribution in [-0.4, -0.2) is 0 Å². The maximum Gasteiger partial charge on any atom is 0.126 e. The third kappa shape index (κ3) is 3.18. The lowest BCUT2D eigenvalue weighted by molar-refractivity contribution is 0.580. The summed E-state index contributed by atoms with van der Waals surface area (Å²) in [4.78, 5) is 0. The summed E-state index contributed by atoms with van der Waals surface area (Å²) < 4.78 is 26.5. The first kappa shape index (κ1) is 15.0. The molecule has 2 aromatic carbocycles. The monoisotopic (exact) mass is 294 g/mol. The van der Waals surface area contributed by atoms with Crippen molar-refractivity contribution in [2.45, 2.75) is 32.1 Å². The van der Waals surface area contributed by atoms with Gasteiger partial charge in [-0.15, -0.1) is 11.6 Å². The second kappa shape index (κ2) is 6.36. The highest BCUT2D eigenvalue weighted by molar-refractivity contribution is 6.22. The molecule has 0 nitrogen and oxygen atoms in total. The van der Waals surface area contributed by atoms with Crippen LogP contribution in [0.5, 0.6) is 0 Å². The average molecular weight is 295 g/mol. The zero-order valence-corrected chi connectivity index (χ0v) is 12.3. The molecule has 0 aliphatic rings. The quantitative estimate of drug-likeness (QED) is 0.661. The number of rotatable bonds is 4. The molecule has 3 heteroatoms. The summed E-state index contributed by atoms with van der Waals surface area (Å²) in [5.74, 6) is -1.21. The Morgan fingerprint density at radius 2 is 1.45 bits per heavy atom. The van der Waals surface area contributed by atoms with E-state index in [1.807, 2.05) is 18.2 Å². The lowest BCUT2D eigenvalue weighted by Crippen LogP contribution is -1.99. The lowest BCUT2D eigenvalue weighted by Gasteiger charge is -2.14. The smallest absolute Gasteiger partial charge is 0.126 e. The highest BCUT2D eigenvalue weighted by Crippen LogP contribution is 2.31. The van der Waals surface area contributed by atoms with Crippen molar-refractivity contribution in [1.29, 1.82) is 0 Å². The second-order valence-electron chi connectivity index (χ2n) is 4.80. The summed E-state index contributed by atoms with van der Waals surface area (Å²) >= 11 is 6.37. The first-order valence-corrected chi connectivity index (χ1v) is 7.20. The molecule has 0 fully saturated rings. The fourth-order valence-corrected chi connectivity index (χ4v) is 2.65. The van der Waals surface area contributed by atoms with Crippen LogP contribution in [-0.2, 0) is 12.8 Å². The molecule has 0 bridgehead atoms. The molecule has 0 radical (unpaired) electrons. The van der Waals surface area contributed by atoms with E-state index in [1.165, 1.54) is 23.3 Å². The largest absolute Gasteiger partial charge is 0.207 e. The van der Waals surface area contributed by atoms with Gasteiger partial charge in [-0.2, -0.15) is 0 Å². The molecule has 0 N–H and O–H groups in total. The van der Waals surface area contributed by atoms with E-state index in [0.717, 1.165) is 24.5 Å². The Balaban J connectivity index is 2.39. The Morgan fingerprint density at radius 1 is 0.850 bits per heavy atom. The molecule has 2 rings (SSSR count). The van der Waals surface area contributed by atoms with Crippen molar-refractivity contribution in [1.82, 2.24) is 0 Å². The van der Waals surface area contributed by atoms with Gasteiger partial charge in [0.1, 0.15) is 11.6 Å². The molecule has 0 aromatic heterocycles. The fourth-order valence-electron chi connectivity index (χ4n) is 2.39. The van der Waals surface area contributed by atoms with E-state index < -0.39 is 17.0 Å². The molecule has 1 unspecified atom stereocenters. The van der Waals surface area contributed by atoms with Crippen molar-refractivity contribution in [3.8, 4) is 0 Å². The molecule has 0 aliphatic heterocycles. The zero-order chi connectivity index (χ0) is 14.7. The summed E-state index contributed by atoms with van der Waals surface area (Å²) in [6, 6.07) is 9.40. The third-order valence-corrected chi connectivity index (χ3v) is 3.97. The number of aryl methyl sites for hydroxylation is 2. The minimum atomic E-state index is -0.605. The van der Waals surface area contributed by atoms with Gasteiger partial charge in [0.25, 0.3) is 0 Å². The third-order valence-electron chi connectivity index (χ3n) is 3.46. The normalized spacial score (nSPS) is 12.4. The molecular formula is C17H17ClF2. The SMILES string of the molecule is CCc1ccc(C(Cl)c2cc(F)cc(F)c2)cc1CC. The van der Waals surface area contributed by atoms with Crippen LogP contribution in [0.4, 0.5) is 8.78 Å². The van der Waals surface area contributed by atoms with Gasteiger partial charge in [0.15, 0.2) is 0 Å². The van der Waals surface area contributed by atoms with Gasteiger partial charge >= 0.3 is 0 Å². The molecule has 1 atom stereocenters. The minimum Gasteiger partial charge on any atom is -0.207 e. The molecule has 0 saturated heterocycles. The molecule has 106 valence electrons. The van der Waals surface area contributed by atoms with Crippen molar-refractivity contribution in [2.24, 2.45) is 0 Å². The Kier molecular flexibility index (Phi) is 4.77. The topological polar surface area (TPSA) is 0 Å². The Morgan fingerprint density at radius 3 is 2.00 bits per heavy atom. The maximum atomic E-state index is 13.3. The van der Waals surface area contributed by atoms with Crippen molar-refractivity contribution in [2.75, 3.05) is 0 Å². The summed E-state index contributed by atoms with van der Waals surface area (Å²) in [6.07, 6.45) is 1.88. The van der Waals surface area contributed by atoms with Gasteiger partial charge in [-0.25, -0.2) is 8.78 Å². The fraction of sp³-hybridized carbons (Fsp3) is 0.294. The van der Waals surface area contributed by atoms with E-state index in [9.17, 15) is 8.78 Å². The van der Waals surface area contributed by atoms with Gasteiger partial charge in [-0.1, -0.05) is 32.0 Å². The van der Waals surface area contributed by atoms with E-state index in [0.29, 0.717) is 5.56 Å². The Hall–Kier alpha value is -1.41. The van der Waals surface area contributed by atoms with Crippen LogP contribution < -0.4 is 0 Å². The Labute approximate surface area is 123 Å². The van der Waals surface area contributed by atoms with Gasteiger partial charge in [0.2, 0.25) is 0 Å². The average Bonchev–Trinajstić information content (AvgIpc) is 2.44. The molecule has 0 aliphatic carbocycles. The van der Waals surface area contributed by atoms with Crippen LogP contribution in [0.2, 0.25) is 0 Å². The van der Waals surface area contributed by atoms with E-state index in [4.69, 9.17) is 11.6 Å². The van der Waals surface area contributed by atoms with Crippen molar-refractivity contribution < 1.29 is 8.78 Å². The van der Waals surface area contributed by atoms with E-state index >= 15 is 0 Å². The molecular weight excluding hydrogens is 278 g/mol. The molecule has 0 heterocycles. The standard InChI is InChI=1S/C17H17ClF2/c1-3-11-5-6-13(7-12(11)4-2)17(18)14-8-15(19)10-16(20)9-14/h5-10,17H,3-4H2,1-2H3. The van der Waals surface area contributed by atoms with Gasteiger partial charge in [-0.05, 0) is 47.2 Å². The summed E-state index contributed by atoms with van der Waals surface area (Å²) in [5, 5.41) is -0.545. The van der Waals surface area contributed by atoms with Gasteiger partial charge < -0.3 is 0 Å². The maximum absolute atomic E-state index is 13.3. The lowest BCUT2D eigenvalue weighted by atomic mass is 9.96. The van der Waals surface area contributed by atoms with Crippen LogP contribution in [0.25, 0.3) is 0 Å². The van der Waals surface area contributed by atoms with Crippen molar-refractivity contribution >= 4 is 11.6 Å². The number of hydrogen-bond acceptors (Lipinski definition) is 0. The second-order valence-corrected chi connectivity index (χ2v) is 5.24. The number of halogens is 3. The number of benzene rings is 2. The highest BCUT2D eigenvalue weighted by Gasteiger charge is 2.14. The minimum absolute atomic E-state index is 0.440. The summed E-state index contributed by atoms with van der Waals surface area (Å²) in [5.41, 5.74) is 3.82. The zero-order valence-electron chi connectivity index (χ0n) is 11.6. The van der Waals surface area contributed by atoms with E-state index in [1.54, 1.807) is 0 Å². The first-order valence-electron chi connectivity index (χ1n) is 6.76. The van der Waals surface area contributed by atoms with Gasteiger partial charge in [0.05, 0.1) is 5.38 Å². The van der Waals surface area contributed by atoms with Crippen molar-refractivity contribution in [3.63, 3.8) is 0 Å². The summed E-state index contributed by atoms with van der Waals surface area (Å²) in [7, 11) is 0. The van der Waals surface area contributed by atoms with Crippen LogP contribution in [0.3, 0.4) is 0 Å². The molecule has 20 heavy (non-hydrogen) atoms. The first-order chi connectivity index (χ1) is 9.55.